The van der Waals surface area contributed by atoms with Crippen LogP contribution < -0.4 is 52.6 Å². The lowest BCUT2D eigenvalue weighted by Crippen LogP contribution is -2.62. The minimum atomic E-state index is -1.90. The highest BCUT2D eigenvalue weighted by molar-refractivity contribution is 8.77. The topological polar surface area (TPSA) is 489 Å². The van der Waals surface area contributed by atoms with Crippen molar-refractivity contribution in [3.05, 3.63) is 154 Å². The van der Waals surface area contributed by atoms with E-state index in [1.54, 1.807) is 80.6 Å². The van der Waals surface area contributed by atoms with Gasteiger partial charge in [-0.15, -0.1) is 0 Å². The number of ether oxygens (including phenoxy) is 5. The molecule has 18 atom stereocenters. The van der Waals surface area contributed by atoms with Gasteiger partial charge in [0.25, 0.3) is 0 Å². The Morgan fingerprint density at radius 3 is 2.18 bits per heavy atom. The monoisotopic (exact) mass is 1870 g/mol. The average Bonchev–Trinajstić information content (AvgIpc) is 1.57. The van der Waals surface area contributed by atoms with Crippen LogP contribution in [0, 0.1) is 11.8 Å². The number of benzene rings is 4. The summed E-state index contributed by atoms with van der Waals surface area (Å²) in [6, 6.07) is 13.0. The normalized spacial score (nSPS) is 26.4. The third-order valence-corrected chi connectivity index (χ3v) is 28.6. The number of likely N-dealkylation sites (N-methyl/N-ethyl adjacent to an activating group) is 1. The minimum absolute atomic E-state index is 0.0432. The fourth-order valence-corrected chi connectivity index (χ4v) is 20.3. The number of carboxylic acids is 1. The number of rotatable bonds is 30. The summed E-state index contributed by atoms with van der Waals surface area (Å²) in [6.07, 6.45) is -0.764. The van der Waals surface area contributed by atoms with E-state index in [0.29, 0.717) is 47.4 Å². The first kappa shape index (κ1) is 102. The number of hydrogen-bond acceptors (Lipinski definition) is 27. The van der Waals surface area contributed by atoms with Gasteiger partial charge in [-0.05, 0) is 137 Å². The number of epoxide rings is 1. The van der Waals surface area contributed by atoms with Crippen molar-refractivity contribution in [2.24, 2.45) is 17.6 Å². The number of carbonyl (C=O) groups is 13. The molecule has 4 aromatic carbocycles. The van der Waals surface area contributed by atoms with Crippen molar-refractivity contribution in [2.45, 2.75) is 228 Å². The van der Waals surface area contributed by atoms with Crippen LogP contribution in [0.2, 0.25) is 5.02 Å². The van der Waals surface area contributed by atoms with Crippen molar-refractivity contribution < 1.29 is 112 Å². The van der Waals surface area contributed by atoms with Crippen LogP contribution in [0.4, 0.5) is 5.69 Å². The van der Waals surface area contributed by atoms with E-state index in [2.05, 4.69) is 37.2 Å². The van der Waals surface area contributed by atoms with Crippen LogP contribution in [0.5, 0.6) is 11.5 Å². The molecule has 38 heteroatoms. The smallest absolute Gasteiger partial charge is 0.328 e. The number of allylic oxidation sites excluding steroid dienone is 4. The molecule has 1 aliphatic carbocycles. The molecule has 9 rings (SSSR count). The summed E-state index contributed by atoms with van der Waals surface area (Å²) in [6.45, 7) is 9.29. The number of nitrogens with zero attached hydrogens (tertiary/aromatic N) is 2. The molecule has 14 N–H and O–H groups in total. The first-order chi connectivity index (χ1) is 60.8. The number of ketones is 1. The molecule has 696 valence electrons. The van der Waals surface area contributed by atoms with Crippen LogP contribution in [0.1, 0.15) is 134 Å². The van der Waals surface area contributed by atoms with E-state index >= 15 is 19.2 Å². The molecular formula is C90H117ClN10O23S4. The Morgan fingerprint density at radius 1 is 0.820 bits per heavy atom. The first-order valence-corrected chi connectivity index (χ1v) is 47.8. The number of aliphatic hydroxyl groups excluding tert-OH is 2. The number of unbranched alkanes of at least 4 members (excludes halogenated alkanes) is 1. The second-order valence-corrected chi connectivity index (χ2v) is 38.7. The highest BCUT2D eigenvalue weighted by Crippen LogP contribution is 2.50. The summed E-state index contributed by atoms with van der Waals surface area (Å²) in [5, 5.41) is 72.7. The third-order valence-electron chi connectivity index (χ3n) is 23.4. The van der Waals surface area contributed by atoms with Crippen LogP contribution in [0.15, 0.2) is 121 Å². The first-order valence-electron chi connectivity index (χ1n) is 42.4. The van der Waals surface area contributed by atoms with Crippen molar-refractivity contribution in [1.82, 2.24) is 42.1 Å². The Morgan fingerprint density at radius 2 is 1.50 bits per heavy atom. The number of amides is 9. The summed E-state index contributed by atoms with van der Waals surface area (Å²) in [5.74, 6) is -13.4. The zero-order chi connectivity index (χ0) is 93.4. The number of Topliss-reactive ketones (excluding diaryl/α,β-unsaturated/α-hetero) is 1. The summed E-state index contributed by atoms with van der Waals surface area (Å²) in [5.41, 5.74) is 8.20. The molecule has 128 heavy (non-hydrogen) atoms. The molecule has 3 saturated heterocycles. The van der Waals surface area contributed by atoms with Gasteiger partial charge in [-0.3, -0.25) is 52.7 Å². The van der Waals surface area contributed by atoms with Gasteiger partial charge >= 0.3 is 17.9 Å². The van der Waals surface area contributed by atoms with Gasteiger partial charge < -0.3 is 102 Å². The Bertz CT molecular complexity index is 4740. The summed E-state index contributed by atoms with van der Waals surface area (Å²) in [7, 11) is 10.1. The molecule has 0 saturated carbocycles. The number of carboxylic acid groups (broad SMARTS) is 1. The van der Waals surface area contributed by atoms with Crippen LogP contribution in [0.25, 0.3) is 5.57 Å². The molecule has 0 unspecified atom stereocenters. The Labute approximate surface area is 765 Å². The van der Waals surface area contributed by atoms with Crippen molar-refractivity contribution in [3.63, 3.8) is 0 Å². The molecule has 4 aliphatic heterocycles. The Kier molecular flexibility index (Phi) is 38.2. The molecule has 4 bridgehead atoms. The van der Waals surface area contributed by atoms with Gasteiger partial charge in [0, 0.05) is 94.6 Å². The highest BCUT2D eigenvalue weighted by Gasteiger charge is 2.65. The number of methoxy groups -OCH3 is 2. The predicted octanol–water partition coefficient (Wildman–Crippen LogP) is 5.49. The maximum Gasteiger partial charge on any atom is 0.328 e. The number of phenolic OH excluding ortho intramolecular Hbond substituents is 1. The summed E-state index contributed by atoms with van der Waals surface area (Å²) < 4.78 is 29.9. The number of phenols is 1. The molecule has 0 radical (unpaired) electrons. The number of aromatic hydroxyl groups is 1. The number of halogens is 1. The number of aliphatic hydroxyl groups is 3. The van der Waals surface area contributed by atoms with Crippen LogP contribution in [-0.4, -0.2) is 261 Å². The molecule has 5 aliphatic rings. The maximum atomic E-state index is 15.5. The van der Waals surface area contributed by atoms with E-state index in [1.807, 2.05) is 43.3 Å². The molecule has 4 aromatic rings. The molecule has 0 aromatic heterocycles. The van der Waals surface area contributed by atoms with E-state index in [1.165, 1.54) is 85.7 Å². The van der Waals surface area contributed by atoms with Gasteiger partial charge in [0.15, 0.2) is 11.8 Å². The third kappa shape index (κ3) is 28.2. The number of fused-ring (bicyclic) bond motifs is 6. The second kappa shape index (κ2) is 47.9. The number of hydrogen-bond donors (Lipinski definition) is 13. The van der Waals surface area contributed by atoms with E-state index in [4.69, 9.17) is 41.0 Å². The number of nitrogens with one attached hydrogen (secondary N) is 7. The molecular weight excluding hydrogens is 1750 g/mol. The highest BCUT2D eigenvalue weighted by atomic mass is 35.5. The van der Waals surface area contributed by atoms with Crippen LogP contribution in [-0.2, 0) is 107 Å². The van der Waals surface area contributed by atoms with E-state index in [0.717, 1.165) is 50.8 Å². The number of aliphatic carboxylic acids is 1. The van der Waals surface area contributed by atoms with Gasteiger partial charge in [0.1, 0.15) is 82.3 Å². The van der Waals surface area contributed by atoms with Gasteiger partial charge in [-0.2, -0.15) is 0 Å². The van der Waals surface area contributed by atoms with Crippen LogP contribution >= 0.6 is 54.8 Å². The summed E-state index contributed by atoms with van der Waals surface area (Å²) >= 11 is 6.90. The zero-order valence-corrected chi connectivity index (χ0v) is 77.2. The van der Waals surface area contributed by atoms with Gasteiger partial charge in [-0.1, -0.05) is 158 Å². The fourth-order valence-electron chi connectivity index (χ4n) is 15.7. The molecule has 3 fully saturated rings. The van der Waals surface area contributed by atoms with Crippen LogP contribution in [0.3, 0.4) is 0 Å². The fraction of sp³-hybridized carbons (Fsp3) is 0.522. The number of nitrogens with two attached hydrogens (primary N) is 1. The van der Waals surface area contributed by atoms with Gasteiger partial charge in [0.2, 0.25) is 53.2 Å². The number of anilines is 1. The quantitative estimate of drug-likeness (QED) is 0.0133. The largest absolute Gasteiger partial charge is 0.508 e. The van der Waals surface area contributed by atoms with Gasteiger partial charge in [0.05, 0.1) is 50.0 Å². The molecule has 33 nitrogen and oxygen atoms in total. The lowest BCUT2D eigenvalue weighted by molar-refractivity contribution is -0.187. The maximum absolute atomic E-state index is 15.5. The van der Waals surface area contributed by atoms with Gasteiger partial charge in [-0.25, -0.2) is 9.59 Å². The SMILES string of the molecule is COc1cc2cc(c1Cl)N(C)C(=O)C[C@H](OC(=O)[C@H](C)N(C)C(=O)CCSSCCC(=O)N[C@H](Cc1ccccc1)C(=O)N[C@H]1CSSC[C@@H](C(=O)N[C@H](C(=O)O)[C@@H](C)O)NC(=O)[C@H]([C@@H](C)O)NC(=O)[C@H](CCCCN)NC(=O)[C@@H](CC3=CCc4ccccc43)NC(=O)[C@H](Cc3ccc(O)cc3)CC1=O)[C@]1(C)O[C@H]1[C@H](C)[C@@H]1C[C@@](O)(CC(=O)O1)[C@H](OC)/C=C/C=C(\C)C2. The standard InChI is InChI=1S/C90H117ClN10O23S4/c1-49-19-18-25-71(121-10)90(119)45-70(122-76(109)46-90)50(2)80-89(6,124-80)72(44-75(108)101(8)67-40-56(37-49)41-69(120-9)77(67)91)123-88(118)51(3)100(7)74(107)33-36-126-125-35-32-73(106)93-63(39-54-20-12-11-13-21-54)83(112)96-65-47-127-128-48-66(85(114)99-79(53(5)103)87(116)117)97-86(115)78(52(4)102)98-82(111)62(24-16-17-34-92)94-84(113)64(42-58-29-28-57-22-14-15-23-61(57)58)95-81(110)59(43-68(65)105)38-55-26-30-60(104)31-27-55/h11-15,18-23,25-27,29-31,40-41,50-53,59,62-66,70-72,78-80,102-104,119H,16-17,24,28,32-39,42-48,92H2,1-10H3,(H,93,106)(H,94,113)(H,95,110)(H,96,112)(H,97,115)(H,98,111)(H,99,114)(H,116,117)/b25-18+,49-19+/t50-,51+,52-,53-,59-,62+,63-,64-,65+,66+,70+,71-,72+,78+,79+,80+,89+,90-/m1/s1. The van der Waals surface area contributed by atoms with Crippen molar-refractivity contribution >= 4 is 143 Å². The second-order valence-electron chi connectivity index (χ2n) is 33.1. The zero-order valence-electron chi connectivity index (χ0n) is 73.2. The molecule has 4 heterocycles. The molecule has 0 spiro atoms. The van der Waals surface area contributed by atoms with Crippen molar-refractivity contribution in [1.29, 1.82) is 0 Å². The predicted molar refractivity (Wildman–Crippen MR) is 486 cm³/mol. The number of carbonyl (C=O) groups excluding carboxylic acids is 12. The lowest BCUT2D eigenvalue weighted by atomic mass is 9.78. The lowest BCUT2D eigenvalue weighted by Gasteiger charge is -2.41. The Balaban J connectivity index is 0.911. The number of esters is 2. The van der Waals surface area contributed by atoms with E-state index < -0.39 is 203 Å². The minimum Gasteiger partial charge on any atom is -0.508 e. The van der Waals surface area contributed by atoms with E-state index in [9.17, 15) is 68.7 Å². The average molecular weight is 1870 g/mol. The van der Waals surface area contributed by atoms with Crippen molar-refractivity contribution in [2.75, 3.05) is 62.8 Å². The van der Waals surface area contributed by atoms with E-state index in [-0.39, 0.29) is 92.4 Å². The summed E-state index contributed by atoms with van der Waals surface area (Å²) in [4.78, 5) is 190. The molecule has 9 amide bonds. The Hall–Kier alpha value is -9.54. The van der Waals surface area contributed by atoms with Crippen molar-refractivity contribution in [3.8, 4) is 11.5 Å².